The molecule has 0 aliphatic rings. The molecule has 0 fully saturated rings. The van der Waals surface area contributed by atoms with Crippen LogP contribution >= 0.6 is 0 Å². The summed E-state index contributed by atoms with van der Waals surface area (Å²) in [5.74, 6) is 0. The average molecular weight is 179 g/mol. The first kappa shape index (κ1) is 10.4. The Morgan fingerprint density at radius 3 is 1.77 bits per heavy atom. The van der Waals surface area contributed by atoms with Gasteiger partial charge in [0.05, 0.1) is 0 Å². The lowest BCUT2D eigenvalue weighted by molar-refractivity contribution is 0.257. The van der Waals surface area contributed by atoms with Crippen LogP contribution in [-0.2, 0) is 0 Å². The summed E-state index contributed by atoms with van der Waals surface area (Å²) in [6.07, 6.45) is 0. The summed E-state index contributed by atoms with van der Waals surface area (Å²) in [4.78, 5) is 0. The van der Waals surface area contributed by atoms with E-state index in [-0.39, 0.29) is 0 Å². The summed E-state index contributed by atoms with van der Waals surface area (Å²) in [7, 11) is 0. The monoisotopic (exact) mass is 179 g/mol. The Balaban J connectivity index is 3.08. The minimum Gasteiger partial charge on any atom is -0.346 e. The minimum absolute atomic E-state index is 0.328. The lowest BCUT2D eigenvalue weighted by atomic mass is 9.87. The molecule has 0 bridgehead atoms. The van der Waals surface area contributed by atoms with Gasteiger partial charge in [-0.25, -0.2) is 0 Å². The van der Waals surface area contributed by atoms with Crippen molar-refractivity contribution >= 4 is 0 Å². The van der Waals surface area contributed by atoms with Gasteiger partial charge in [-0.2, -0.15) is 0 Å². The van der Waals surface area contributed by atoms with Crippen molar-refractivity contribution in [2.75, 3.05) is 0 Å². The summed E-state index contributed by atoms with van der Waals surface area (Å²) in [5, 5.41) is 0. The van der Waals surface area contributed by atoms with Crippen molar-refractivity contribution in [1.29, 1.82) is 0 Å². The first-order chi connectivity index (χ1) is 5.84. The SMILES string of the molecule is Cc1ccc(C)n1C(C)C(C)(C)C. The molecule has 0 radical (unpaired) electrons. The van der Waals surface area contributed by atoms with Crippen molar-refractivity contribution < 1.29 is 0 Å². The fraction of sp³-hybridized carbons (Fsp3) is 0.667. The maximum Gasteiger partial charge on any atom is 0.0355 e. The number of rotatable bonds is 1. The van der Waals surface area contributed by atoms with Crippen LogP contribution in [0.25, 0.3) is 0 Å². The highest BCUT2D eigenvalue weighted by Gasteiger charge is 2.22. The number of hydrogen-bond acceptors (Lipinski definition) is 0. The largest absolute Gasteiger partial charge is 0.346 e. The fourth-order valence-corrected chi connectivity index (χ4v) is 1.68. The molecule has 13 heavy (non-hydrogen) atoms. The standard InChI is InChI=1S/C12H21N/c1-9-7-8-10(2)13(9)11(3)12(4,5)6/h7-8,11H,1-6H3. The van der Waals surface area contributed by atoms with E-state index in [1.165, 1.54) is 11.4 Å². The van der Waals surface area contributed by atoms with E-state index >= 15 is 0 Å². The zero-order valence-electron chi connectivity index (χ0n) is 9.68. The molecule has 0 aliphatic heterocycles. The summed E-state index contributed by atoms with van der Waals surface area (Å²) in [5.41, 5.74) is 3.05. The summed E-state index contributed by atoms with van der Waals surface area (Å²) in [6.45, 7) is 13.5. The summed E-state index contributed by atoms with van der Waals surface area (Å²) < 4.78 is 2.42. The van der Waals surface area contributed by atoms with Crippen LogP contribution in [0.5, 0.6) is 0 Å². The molecule has 1 nitrogen and oxygen atoms in total. The van der Waals surface area contributed by atoms with Gasteiger partial charge in [0.1, 0.15) is 0 Å². The van der Waals surface area contributed by atoms with Crippen LogP contribution in [0.2, 0.25) is 0 Å². The zero-order valence-corrected chi connectivity index (χ0v) is 9.68. The van der Waals surface area contributed by atoms with Gasteiger partial charge in [0.15, 0.2) is 0 Å². The Kier molecular flexibility index (Phi) is 2.56. The molecule has 1 heteroatoms. The Hall–Kier alpha value is -0.720. The molecule has 0 spiro atoms. The smallest absolute Gasteiger partial charge is 0.0355 e. The highest BCUT2D eigenvalue weighted by atomic mass is 15.0. The molecule has 1 unspecified atom stereocenters. The Labute approximate surface area is 81.8 Å². The van der Waals surface area contributed by atoms with Crippen molar-refractivity contribution in [2.24, 2.45) is 5.41 Å². The van der Waals surface area contributed by atoms with E-state index in [0.29, 0.717) is 11.5 Å². The molecule has 0 amide bonds. The predicted octanol–water partition coefficient (Wildman–Crippen LogP) is 3.71. The van der Waals surface area contributed by atoms with Gasteiger partial charge in [0.25, 0.3) is 0 Å². The number of nitrogens with zero attached hydrogens (tertiary/aromatic N) is 1. The van der Waals surface area contributed by atoms with Gasteiger partial charge in [-0.3, -0.25) is 0 Å². The van der Waals surface area contributed by atoms with Crippen molar-refractivity contribution in [3.05, 3.63) is 23.5 Å². The van der Waals surface area contributed by atoms with Crippen LogP contribution in [0.3, 0.4) is 0 Å². The van der Waals surface area contributed by atoms with Gasteiger partial charge in [-0.05, 0) is 38.3 Å². The van der Waals surface area contributed by atoms with E-state index in [2.05, 4.69) is 58.2 Å². The van der Waals surface area contributed by atoms with Crippen LogP contribution in [0.15, 0.2) is 12.1 Å². The van der Waals surface area contributed by atoms with Crippen molar-refractivity contribution in [3.8, 4) is 0 Å². The van der Waals surface area contributed by atoms with E-state index in [9.17, 15) is 0 Å². The second-order valence-corrected chi connectivity index (χ2v) is 5.03. The molecule has 0 saturated heterocycles. The lowest BCUT2D eigenvalue weighted by Gasteiger charge is -2.31. The summed E-state index contributed by atoms with van der Waals surface area (Å²) >= 11 is 0. The maximum atomic E-state index is 2.42. The van der Waals surface area contributed by atoms with Gasteiger partial charge < -0.3 is 4.57 Å². The lowest BCUT2D eigenvalue weighted by Crippen LogP contribution is -2.23. The number of hydrogen-bond donors (Lipinski definition) is 0. The van der Waals surface area contributed by atoms with Crippen molar-refractivity contribution in [1.82, 2.24) is 4.57 Å². The molecular formula is C12H21N. The molecule has 0 aromatic carbocycles. The molecule has 1 rings (SSSR count). The highest BCUT2D eigenvalue weighted by Crippen LogP contribution is 2.32. The Morgan fingerprint density at radius 2 is 1.46 bits per heavy atom. The third kappa shape index (κ3) is 1.96. The molecule has 0 N–H and O–H groups in total. The van der Waals surface area contributed by atoms with Gasteiger partial charge in [-0.1, -0.05) is 20.8 Å². The van der Waals surface area contributed by atoms with Crippen LogP contribution in [0.1, 0.15) is 45.1 Å². The second-order valence-electron chi connectivity index (χ2n) is 5.03. The average Bonchev–Trinajstić information content (AvgIpc) is 2.28. The third-order valence-electron chi connectivity index (χ3n) is 2.97. The maximum absolute atomic E-state index is 2.42. The van der Waals surface area contributed by atoms with Gasteiger partial charge in [-0.15, -0.1) is 0 Å². The summed E-state index contributed by atoms with van der Waals surface area (Å²) in [6, 6.07) is 4.94. The van der Waals surface area contributed by atoms with Gasteiger partial charge >= 0.3 is 0 Å². The minimum atomic E-state index is 0.328. The molecule has 0 saturated carbocycles. The molecule has 74 valence electrons. The fourth-order valence-electron chi connectivity index (χ4n) is 1.68. The van der Waals surface area contributed by atoms with E-state index < -0.39 is 0 Å². The van der Waals surface area contributed by atoms with Crippen LogP contribution < -0.4 is 0 Å². The predicted molar refractivity (Wildman–Crippen MR) is 58.1 cm³/mol. The number of aryl methyl sites for hydroxylation is 2. The van der Waals surface area contributed by atoms with Gasteiger partial charge in [0.2, 0.25) is 0 Å². The molecule has 1 aromatic heterocycles. The van der Waals surface area contributed by atoms with Gasteiger partial charge in [0, 0.05) is 17.4 Å². The normalized spacial score (nSPS) is 14.6. The molecule has 1 heterocycles. The Morgan fingerprint density at radius 1 is 1.08 bits per heavy atom. The molecule has 1 aromatic rings. The topological polar surface area (TPSA) is 4.93 Å². The van der Waals surface area contributed by atoms with E-state index in [4.69, 9.17) is 0 Å². The first-order valence-electron chi connectivity index (χ1n) is 4.98. The Bertz CT molecular complexity index is 269. The quantitative estimate of drug-likeness (QED) is 0.619. The van der Waals surface area contributed by atoms with E-state index in [1.54, 1.807) is 0 Å². The second kappa shape index (κ2) is 3.21. The van der Waals surface area contributed by atoms with Crippen LogP contribution in [0, 0.1) is 19.3 Å². The molecule has 0 aliphatic carbocycles. The van der Waals surface area contributed by atoms with E-state index in [1.807, 2.05) is 0 Å². The highest BCUT2D eigenvalue weighted by molar-refractivity contribution is 5.15. The van der Waals surface area contributed by atoms with Crippen molar-refractivity contribution in [3.63, 3.8) is 0 Å². The van der Waals surface area contributed by atoms with Crippen molar-refractivity contribution in [2.45, 2.75) is 47.6 Å². The first-order valence-corrected chi connectivity index (χ1v) is 4.98. The third-order valence-corrected chi connectivity index (χ3v) is 2.97. The molecular weight excluding hydrogens is 158 g/mol. The number of aromatic nitrogens is 1. The van der Waals surface area contributed by atoms with E-state index in [0.717, 1.165) is 0 Å². The van der Waals surface area contributed by atoms with Crippen LogP contribution in [-0.4, -0.2) is 4.57 Å². The van der Waals surface area contributed by atoms with Crippen LogP contribution in [0.4, 0.5) is 0 Å². The molecule has 1 atom stereocenters. The zero-order chi connectivity index (χ0) is 10.2.